The standard InChI is InChI=1S/C11H13N5O2/c1-16-7-8(6-14-16)5-13-9-3-4-12-10(15-9)11(17)18-2/h3-4,6-7H,5H2,1-2H3,(H,12,13,15). The van der Waals surface area contributed by atoms with Crippen LogP contribution in [0.4, 0.5) is 5.82 Å². The molecule has 0 bridgehead atoms. The molecule has 0 aromatic carbocycles. The third-order valence-electron chi connectivity index (χ3n) is 2.26. The van der Waals surface area contributed by atoms with E-state index in [2.05, 4.69) is 25.1 Å². The van der Waals surface area contributed by atoms with Crippen molar-refractivity contribution in [2.24, 2.45) is 7.05 Å². The summed E-state index contributed by atoms with van der Waals surface area (Å²) in [6.07, 6.45) is 5.16. The van der Waals surface area contributed by atoms with Crippen molar-refractivity contribution in [3.8, 4) is 0 Å². The Morgan fingerprint density at radius 3 is 3.06 bits per heavy atom. The van der Waals surface area contributed by atoms with Gasteiger partial charge >= 0.3 is 5.97 Å². The Hall–Kier alpha value is -2.44. The second kappa shape index (κ2) is 5.26. The molecule has 0 spiro atoms. The maximum atomic E-state index is 11.3. The number of carbonyl (C=O) groups excluding carboxylic acids is 1. The van der Waals surface area contributed by atoms with Crippen molar-refractivity contribution in [3.05, 3.63) is 36.0 Å². The molecule has 2 rings (SSSR count). The van der Waals surface area contributed by atoms with Gasteiger partial charge in [-0.3, -0.25) is 4.68 Å². The molecule has 7 nitrogen and oxygen atoms in total. The van der Waals surface area contributed by atoms with Gasteiger partial charge in [0.1, 0.15) is 5.82 Å². The predicted octanol–water partition coefficient (Wildman–Crippen LogP) is 0.609. The molecule has 18 heavy (non-hydrogen) atoms. The van der Waals surface area contributed by atoms with Crippen molar-refractivity contribution in [1.29, 1.82) is 0 Å². The first-order valence-electron chi connectivity index (χ1n) is 5.32. The van der Waals surface area contributed by atoms with E-state index in [1.807, 2.05) is 13.2 Å². The Bertz CT molecular complexity index is 552. The van der Waals surface area contributed by atoms with E-state index in [0.717, 1.165) is 5.56 Å². The average Bonchev–Trinajstić information content (AvgIpc) is 2.81. The molecule has 0 amide bonds. The molecule has 2 aromatic rings. The summed E-state index contributed by atoms with van der Waals surface area (Å²) in [6.45, 7) is 0.575. The molecule has 0 aliphatic heterocycles. The van der Waals surface area contributed by atoms with Crippen LogP contribution in [-0.2, 0) is 18.3 Å². The Labute approximate surface area is 104 Å². The van der Waals surface area contributed by atoms with Crippen LogP contribution < -0.4 is 5.32 Å². The van der Waals surface area contributed by atoms with Crippen molar-refractivity contribution >= 4 is 11.8 Å². The smallest absolute Gasteiger partial charge is 0.376 e. The van der Waals surface area contributed by atoms with Gasteiger partial charge in [0.05, 0.1) is 13.3 Å². The molecule has 0 atom stereocenters. The van der Waals surface area contributed by atoms with Gasteiger partial charge in [-0.15, -0.1) is 0 Å². The molecule has 0 radical (unpaired) electrons. The van der Waals surface area contributed by atoms with Gasteiger partial charge in [0.15, 0.2) is 0 Å². The maximum Gasteiger partial charge on any atom is 0.376 e. The van der Waals surface area contributed by atoms with Crippen molar-refractivity contribution in [2.75, 3.05) is 12.4 Å². The number of carbonyl (C=O) groups is 1. The molecule has 1 N–H and O–H groups in total. The first-order chi connectivity index (χ1) is 8.69. The first-order valence-corrected chi connectivity index (χ1v) is 5.32. The minimum Gasteiger partial charge on any atom is -0.463 e. The monoisotopic (exact) mass is 247 g/mol. The molecule has 0 unspecified atom stereocenters. The number of aromatic nitrogens is 4. The van der Waals surface area contributed by atoms with Crippen molar-refractivity contribution in [3.63, 3.8) is 0 Å². The van der Waals surface area contributed by atoms with E-state index in [-0.39, 0.29) is 5.82 Å². The van der Waals surface area contributed by atoms with E-state index in [4.69, 9.17) is 0 Å². The fraction of sp³-hybridized carbons (Fsp3) is 0.273. The zero-order chi connectivity index (χ0) is 13.0. The second-order valence-electron chi connectivity index (χ2n) is 3.63. The highest BCUT2D eigenvalue weighted by atomic mass is 16.5. The Morgan fingerprint density at radius 1 is 1.56 bits per heavy atom. The summed E-state index contributed by atoms with van der Waals surface area (Å²) in [4.78, 5) is 19.1. The van der Waals surface area contributed by atoms with E-state index in [1.165, 1.54) is 13.3 Å². The Morgan fingerprint density at radius 2 is 2.39 bits per heavy atom. The predicted molar refractivity (Wildman–Crippen MR) is 63.9 cm³/mol. The molecule has 0 aliphatic carbocycles. The zero-order valence-electron chi connectivity index (χ0n) is 10.1. The highest BCUT2D eigenvalue weighted by Crippen LogP contribution is 2.05. The van der Waals surface area contributed by atoms with Crippen LogP contribution in [0.3, 0.4) is 0 Å². The van der Waals surface area contributed by atoms with Gasteiger partial charge in [-0.1, -0.05) is 0 Å². The summed E-state index contributed by atoms with van der Waals surface area (Å²) in [6, 6.07) is 1.68. The van der Waals surface area contributed by atoms with E-state index >= 15 is 0 Å². The lowest BCUT2D eigenvalue weighted by Crippen LogP contribution is -2.09. The fourth-order valence-corrected chi connectivity index (χ4v) is 1.40. The number of anilines is 1. The van der Waals surface area contributed by atoms with E-state index in [0.29, 0.717) is 12.4 Å². The number of nitrogens with one attached hydrogen (secondary N) is 1. The second-order valence-corrected chi connectivity index (χ2v) is 3.63. The minimum atomic E-state index is -0.556. The summed E-state index contributed by atoms with van der Waals surface area (Å²) in [5, 5.41) is 7.14. The largest absolute Gasteiger partial charge is 0.463 e. The summed E-state index contributed by atoms with van der Waals surface area (Å²) >= 11 is 0. The quantitative estimate of drug-likeness (QED) is 0.797. The fourth-order valence-electron chi connectivity index (χ4n) is 1.40. The topological polar surface area (TPSA) is 81.9 Å². The van der Waals surface area contributed by atoms with Crippen molar-refractivity contribution < 1.29 is 9.53 Å². The van der Waals surface area contributed by atoms with Crippen LogP contribution in [0.2, 0.25) is 0 Å². The molecular formula is C11H13N5O2. The first kappa shape index (κ1) is 12.0. The SMILES string of the molecule is COC(=O)c1nccc(NCc2cnn(C)c2)n1. The molecule has 2 aromatic heterocycles. The molecular weight excluding hydrogens is 234 g/mol. The molecule has 2 heterocycles. The normalized spacial score (nSPS) is 10.1. The van der Waals surface area contributed by atoms with Crippen LogP contribution in [0, 0.1) is 0 Å². The summed E-state index contributed by atoms with van der Waals surface area (Å²) in [5.41, 5.74) is 1.02. The summed E-state index contributed by atoms with van der Waals surface area (Å²) in [5.74, 6) is 0.0444. The molecule has 7 heteroatoms. The van der Waals surface area contributed by atoms with Crippen LogP contribution in [0.25, 0.3) is 0 Å². The van der Waals surface area contributed by atoms with Gasteiger partial charge in [-0.05, 0) is 6.07 Å². The van der Waals surface area contributed by atoms with Crippen molar-refractivity contribution in [2.45, 2.75) is 6.54 Å². The average molecular weight is 247 g/mol. The van der Waals surface area contributed by atoms with E-state index in [1.54, 1.807) is 16.9 Å². The summed E-state index contributed by atoms with van der Waals surface area (Å²) in [7, 11) is 3.14. The molecule has 0 aliphatic rings. The summed E-state index contributed by atoms with van der Waals surface area (Å²) < 4.78 is 6.27. The maximum absolute atomic E-state index is 11.3. The highest BCUT2D eigenvalue weighted by molar-refractivity contribution is 5.85. The van der Waals surface area contributed by atoms with Crippen LogP contribution >= 0.6 is 0 Å². The molecule has 94 valence electrons. The molecule has 0 saturated carbocycles. The minimum absolute atomic E-state index is 0.0358. The number of ether oxygens (including phenoxy) is 1. The number of rotatable bonds is 4. The van der Waals surface area contributed by atoms with Crippen molar-refractivity contribution in [1.82, 2.24) is 19.7 Å². The number of esters is 1. The van der Waals surface area contributed by atoms with Crippen LogP contribution in [0.1, 0.15) is 16.2 Å². The van der Waals surface area contributed by atoms with Gasteiger partial charge in [0.2, 0.25) is 5.82 Å². The third kappa shape index (κ3) is 2.82. The van der Waals surface area contributed by atoms with Gasteiger partial charge in [-0.25, -0.2) is 14.8 Å². The number of nitrogens with zero attached hydrogens (tertiary/aromatic N) is 4. The van der Waals surface area contributed by atoms with Crippen LogP contribution in [0.5, 0.6) is 0 Å². The lowest BCUT2D eigenvalue weighted by Gasteiger charge is -2.04. The van der Waals surface area contributed by atoms with Crippen LogP contribution in [0.15, 0.2) is 24.7 Å². The number of hydrogen-bond acceptors (Lipinski definition) is 6. The van der Waals surface area contributed by atoms with Crippen LogP contribution in [-0.4, -0.2) is 32.8 Å². The molecule has 0 saturated heterocycles. The van der Waals surface area contributed by atoms with Gasteiger partial charge in [0.25, 0.3) is 0 Å². The third-order valence-corrected chi connectivity index (χ3v) is 2.26. The number of methoxy groups -OCH3 is 1. The van der Waals surface area contributed by atoms with E-state index < -0.39 is 5.97 Å². The number of hydrogen-bond donors (Lipinski definition) is 1. The number of aryl methyl sites for hydroxylation is 1. The van der Waals surface area contributed by atoms with Gasteiger partial charge < -0.3 is 10.1 Å². The molecule has 0 fully saturated rings. The highest BCUT2D eigenvalue weighted by Gasteiger charge is 2.09. The Balaban J connectivity index is 2.03. The van der Waals surface area contributed by atoms with Gasteiger partial charge in [-0.2, -0.15) is 5.10 Å². The van der Waals surface area contributed by atoms with Gasteiger partial charge in [0, 0.05) is 31.5 Å². The lowest BCUT2D eigenvalue weighted by atomic mass is 10.3. The van der Waals surface area contributed by atoms with E-state index in [9.17, 15) is 4.79 Å². The lowest BCUT2D eigenvalue weighted by molar-refractivity contribution is 0.0587. The Kier molecular flexibility index (Phi) is 3.52. The zero-order valence-corrected chi connectivity index (χ0v) is 10.1.